The summed E-state index contributed by atoms with van der Waals surface area (Å²) in [6.07, 6.45) is 4.13. The summed E-state index contributed by atoms with van der Waals surface area (Å²) in [5, 5.41) is 12.1. The molecule has 0 aromatic heterocycles. The first-order valence-corrected chi connectivity index (χ1v) is 12.5. The maximum Gasteiger partial charge on any atom is 0.237 e. The fraction of sp³-hybridized carbons (Fsp3) is 0.667. The molecule has 1 aromatic carbocycles. The molecule has 2 aliphatic rings. The number of aliphatic hydroxyl groups excluding tert-OH is 1. The SMILES string of the molecule is CC[C@@H](NS(=O)(=O)CCCCCN1CC(=O)NC1O)c1cccc(OCC2CC2)c1. The van der Waals surface area contributed by atoms with Gasteiger partial charge in [0.15, 0.2) is 6.35 Å². The van der Waals surface area contributed by atoms with E-state index in [0.717, 1.165) is 24.3 Å². The third-order valence-corrected chi connectivity index (χ3v) is 6.98. The van der Waals surface area contributed by atoms with Gasteiger partial charge in [0.2, 0.25) is 15.9 Å². The summed E-state index contributed by atoms with van der Waals surface area (Å²) in [5.74, 6) is 1.32. The molecule has 0 spiro atoms. The van der Waals surface area contributed by atoms with E-state index in [9.17, 15) is 18.3 Å². The lowest BCUT2D eigenvalue weighted by atomic mass is 10.1. The zero-order valence-electron chi connectivity index (χ0n) is 17.5. The van der Waals surface area contributed by atoms with E-state index in [1.807, 2.05) is 31.2 Å². The summed E-state index contributed by atoms with van der Waals surface area (Å²) in [4.78, 5) is 12.9. The highest BCUT2D eigenvalue weighted by Crippen LogP contribution is 2.30. The van der Waals surface area contributed by atoms with Gasteiger partial charge < -0.3 is 15.2 Å². The van der Waals surface area contributed by atoms with Gasteiger partial charge in [0, 0.05) is 12.6 Å². The van der Waals surface area contributed by atoms with Crippen molar-refractivity contribution in [1.29, 1.82) is 0 Å². The Hall–Kier alpha value is -1.68. The number of benzene rings is 1. The summed E-state index contributed by atoms with van der Waals surface area (Å²) in [6, 6.07) is 7.39. The second-order valence-electron chi connectivity index (χ2n) is 8.20. The lowest BCUT2D eigenvalue weighted by molar-refractivity contribution is -0.119. The maximum atomic E-state index is 12.5. The molecule has 1 amide bonds. The van der Waals surface area contributed by atoms with Crippen molar-refractivity contribution in [2.24, 2.45) is 5.92 Å². The summed E-state index contributed by atoms with van der Waals surface area (Å²) >= 11 is 0. The zero-order chi connectivity index (χ0) is 21.6. The Balaban J connectivity index is 1.42. The van der Waals surface area contributed by atoms with Gasteiger partial charge in [-0.05, 0) is 55.7 Å². The molecule has 1 heterocycles. The molecule has 1 aliphatic carbocycles. The van der Waals surface area contributed by atoms with Gasteiger partial charge in [0.25, 0.3) is 0 Å². The van der Waals surface area contributed by atoms with Crippen molar-refractivity contribution in [3.8, 4) is 5.75 Å². The highest BCUT2D eigenvalue weighted by atomic mass is 32.2. The third-order valence-electron chi connectivity index (χ3n) is 5.51. The molecule has 1 unspecified atom stereocenters. The van der Waals surface area contributed by atoms with Crippen LogP contribution in [0.4, 0.5) is 0 Å². The van der Waals surface area contributed by atoms with Crippen LogP contribution in [0, 0.1) is 5.92 Å². The van der Waals surface area contributed by atoms with Gasteiger partial charge in [-0.3, -0.25) is 9.69 Å². The van der Waals surface area contributed by atoms with E-state index in [1.165, 1.54) is 12.8 Å². The molecule has 168 valence electrons. The number of hydrogen-bond donors (Lipinski definition) is 3. The third kappa shape index (κ3) is 7.23. The molecule has 0 bridgehead atoms. The van der Waals surface area contributed by atoms with E-state index in [-0.39, 0.29) is 24.2 Å². The molecule has 3 N–H and O–H groups in total. The van der Waals surface area contributed by atoms with Crippen molar-refractivity contribution in [2.75, 3.05) is 25.4 Å². The minimum Gasteiger partial charge on any atom is -0.493 e. The van der Waals surface area contributed by atoms with Gasteiger partial charge >= 0.3 is 0 Å². The highest BCUT2D eigenvalue weighted by molar-refractivity contribution is 7.89. The topological polar surface area (TPSA) is 108 Å². The first-order chi connectivity index (χ1) is 14.4. The van der Waals surface area contributed by atoms with Gasteiger partial charge in [-0.1, -0.05) is 25.5 Å². The smallest absolute Gasteiger partial charge is 0.237 e. The molecule has 1 saturated carbocycles. The van der Waals surface area contributed by atoms with Crippen LogP contribution in [0.1, 0.15) is 57.1 Å². The second-order valence-corrected chi connectivity index (χ2v) is 10.1. The average molecular weight is 440 g/mol. The zero-order valence-corrected chi connectivity index (χ0v) is 18.4. The summed E-state index contributed by atoms with van der Waals surface area (Å²) in [7, 11) is -3.41. The number of ether oxygens (including phenoxy) is 1. The lowest BCUT2D eigenvalue weighted by Gasteiger charge is -2.19. The molecule has 30 heavy (non-hydrogen) atoms. The number of sulfonamides is 1. The predicted molar refractivity (Wildman–Crippen MR) is 114 cm³/mol. The molecule has 2 atom stereocenters. The highest BCUT2D eigenvalue weighted by Gasteiger charge is 2.27. The van der Waals surface area contributed by atoms with Crippen molar-refractivity contribution >= 4 is 15.9 Å². The van der Waals surface area contributed by atoms with Crippen molar-refractivity contribution in [3.63, 3.8) is 0 Å². The van der Waals surface area contributed by atoms with Crippen molar-refractivity contribution in [2.45, 2.75) is 57.8 Å². The van der Waals surface area contributed by atoms with E-state index < -0.39 is 16.4 Å². The summed E-state index contributed by atoms with van der Waals surface area (Å²) < 4.78 is 33.7. The van der Waals surface area contributed by atoms with E-state index in [4.69, 9.17) is 4.74 Å². The van der Waals surface area contributed by atoms with E-state index in [0.29, 0.717) is 31.7 Å². The Morgan fingerprint density at radius 3 is 2.77 bits per heavy atom. The summed E-state index contributed by atoms with van der Waals surface area (Å²) in [5.41, 5.74) is 0.912. The summed E-state index contributed by atoms with van der Waals surface area (Å²) in [6.45, 7) is 3.42. The number of nitrogens with zero attached hydrogens (tertiary/aromatic N) is 1. The molecule has 1 aliphatic heterocycles. The Labute approximate surface area is 179 Å². The van der Waals surface area contributed by atoms with Crippen LogP contribution >= 0.6 is 0 Å². The standard InChI is InChI=1S/C21H33N3O5S/c1-2-19(17-7-6-8-18(13-17)29-15-16-9-10-16)23-30(27,28)12-5-3-4-11-24-14-20(25)22-21(24)26/h6-8,13,16,19,21,23,26H,2-5,9-12,14-15H2,1H3,(H,22,25)/t19-,21?/m1/s1. The van der Waals surface area contributed by atoms with Gasteiger partial charge in [-0.2, -0.15) is 0 Å². The van der Waals surface area contributed by atoms with Crippen LogP contribution in [0.3, 0.4) is 0 Å². The van der Waals surface area contributed by atoms with E-state index >= 15 is 0 Å². The van der Waals surface area contributed by atoms with Crippen LogP contribution < -0.4 is 14.8 Å². The molecular weight excluding hydrogens is 406 g/mol. The number of hydrogen-bond acceptors (Lipinski definition) is 6. The minimum absolute atomic E-state index is 0.0567. The first kappa shape index (κ1) is 23.0. The van der Waals surface area contributed by atoms with Crippen LogP contribution in [0.2, 0.25) is 0 Å². The number of amides is 1. The largest absolute Gasteiger partial charge is 0.493 e. The van der Waals surface area contributed by atoms with Gasteiger partial charge in [0.1, 0.15) is 5.75 Å². The molecular formula is C21H33N3O5S. The Morgan fingerprint density at radius 1 is 1.30 bits per heavy atom. The fourth-order valence-electron chi connectivity index (χ4n) is 3.52. The maximum absolute atomic E-state index is 12.5. The Kier molecular flexibility index (Phi) is 8.10. The molecule has 9 heteroatoms. The fourth-order valence-corrected chi connectivity index (χ4v) is 4.96. The van der Waals surface area contributed by atoms with Gasteiger partial charge in [-0.15, -0.1) is 0 Å². The van der Waals surface area contributed by atoms with Crippen LogP contribution in [-0.4, -0.2) is 56.1 Å². The average Bonchev–Trinajstić information content (AvgIpc) is 3.48. The molecule has 1 aromatic rings. The monoisotopic (exact) mass is 439 g/mol. The molecule has 1 saturated heterocycles. The van der Waals surface area contributed by atoms with Crippen molar-refractivity contribution in [1.82, 2.24) is 14.9 Å². The number of carbonyl (C=O) groups excluding carboxylic acids is 1. The molecule has 0 radical (unpaired) electrons. The normalized spacial score (nSPS) is 20.9. The van der Waals surface area contributed by atoms with E-state index in [2.05, 4.69) is 10.0 Å². The minimum atomic E-state index is -3.41. The van der Waals surface area contributed by atoms with Crippen LogP contribution in [0.5, 0.6) is 5.75 Å². The number of unbranched alkanes of at least 4 members (excludes halogenated alkanes) is 2. The second kappa shape index (κ2) is 10.6. The molecule has 3 rings (SSSR count). The lowest BCUT2D eigenvalue weighted by Crippen LogP contribution is -2.36. The number of aliphatic hydroxyl groups is 1. The van der Waals surface area contributed by atoms with Crippen LogP contribution in [-0.2, 0) is 14.8 Å². The van der Waals surface area contributed by atoms with Gasteiger partial charge in [-0.25, -0.2) is 13.1 Å². The Bertz CT molecular complexity index is 813. The predicted octanol–water partition coefficient (Wildman–Crippen LogP) is 1.72. The number of nitrogens with one attached hydrogen (secondary N) is 2. The number of carbonyl (C=O) groups is 1. The number of rotatable bonds is 13. The van der Waals surface area contributed by atoms with Gasteiger partial charge in [0.05, 0.1) is 18.9 Å². The van der Waals surface area contributed by atoms with Crippen LogP contribution in [0.25, 0.3) is 0 Å². The Morgan fingerprint density at radius 2 is 2.10 bits per heavy atom. The molecule has 8 nitrogen and oxygen atoms in total. The van der Waals surface area contributed by atoms with Crippen molar-refractivity contribution < 1.29 is 23.1 Å². The quantitative estimate of drug-likeness (QED) is 0.404. The van der Waals surface area contributed by atoms with Crippen LogP contribution in [0.15, 0.2) is 24.3 Å². The first-order valence-electron chi connectivity index (χ1n) is 10.8. The van der Waals surface area contributed by atoms with E-state index in [1.54, 1.807) is 4.90 Å². The molecule has 2 fully saturated rings. The van der Waals surface area contributed by atoms with Crippen molar-refractivity contribution in [3.05, 3.63) is 29.8 Å².